The van der Waals surface area contributed by atoms with Gasteiger partial charge in [0.25, 0.3) is 0 Å². The maximum absolute atomic E-state index is 5.56. The third kappa shape index (κ3) is 3.43. The van der Waals surface area contributed by atoms with Gasteiger partial charge in [-0.25, -0.2) is 0 Å². The predicted molar refractivity (Wildman–Crippen MR) is 79.4 cm³/mol. The van der Waals surface area contributed by atoms with E-state index >= 15 is 0 Å². The monoisotopic (exact) mass is 264 g/mol. The van der Waals surface area contributed by atoms with E-state index in [1.807, 2.05) is 14.1 Å². The lowest BCUT2D eigenvalue weighted by molar-refractivity contribution is 0.114. The lowest BCUT2D eigenvalue weighted by atomic mass is 10.2. The second-order valence-electron chi connectivity index (χ2n) is 4.79. The number of benzene rings is 1. The molecule has 0 aromatic heterocycles. The first kappa shape index (κ1) is 13.3. The van der Waals surface area contributed by atoms with E-state index in [9.17, 15) is 0 Å². The average molecular weight is 264 g/mol. The zero-order valence-corrected chi connectivity index (χ0v) is 11.8. The van der Waals surface area contributed by atoms with E-state index in [0.29, 0.717) is 6.10 Å². The molecule has 98 valence electrons. The number of nitrogens with zero attached hydrogens (tertiary/aromatic N) is 1. The second-order valence-corrected chi connectivity index (χ2v) is 5.19. The Balaban J connectivity index is 1.87. The minimum Gasteiger partial charge on any atom is -0.378 e. The molecule has 1 fully saturated rings. The summed E-state index contributed by atoms with van der Waals surface area (Å²) in [6, 6.07) is 8.27. The topological polar surface area (TPSA) is 24.5 Å². The summed E-state index contributed by atoms with van der Waals surface area (Å²) in [5, 5.41) is 3.28. The van der Waals surface area contributed by atoms with Crippen LogP contribution in [-0.4, -0.2) is 38.3 Å². The third-order valence-corrected chi connectivity index (χ3v) is 3.54. The minimum absolute atomic E-state index is 0.323. The van der Waals surface area contributed by atoms with Gasteiger partial charge in [0.15, 0.2) is 0 Å². The smallest absolute Gasteiger partial charge is 0.106 e. The Bertz CT molecular complexity index is 397. The van der Waals surface area contributed by atoms with Crippen molar-refractivity contribution in [2.45, 2.75) is 18.9 Å². The second kappa shape index (κ2) is 6.16. The van der Waals surface area contributed by atoms with Gasteiger partial charge < -0.3 is 15.0 Å². The van der Waals surface area contributed by atoms with Gasteiger partial charge in [0, 0.05) is 38.5 Å². The van der Waals surface area contributed by atoms with Gasteiger partial charge in [0.1, 0.15) is 4.99 Å². The Hall–Kier alpha value is -1.13. The van der Waals surface area contributed by atoms with Crippen LogP contribution >= 0.6 is 12.2 Å². The number of hydrogen-bond acceptors (Lipinski definition) is 3. The number of ether oxygens (including phenoxy) is 1. The summed E-state index contributed by atoms with van der Waals surface area (Å²) < 4.78 is 5.56. The van der Waals surface area contributed by atoms with Crippen LogP contribution in [0.4, 0.5) is 5.69 Å². The number of anilines is 1. The fraction of sp³-hybridized carbons (Fsp3) is 0.500. The summed E-state index contributed by atoms with van der Waals surface area (Å²) in [5.74, 6) is 0. The maximum atomic E-state index is 5.56. The molecule has 1 aliphatic heterocycles. The van der Waals surface area contributed by atoms with Gasteiger partial charge in [0.2, 0.25) is 0 Å². The Labute approximate surface area is 114 Å². The van der Waals surface area contributed by atoms with Crippen molar-refractivity contribution in [1.29, 1.82) is 0 Å². The molecule has 1 unspecified atom stereocenters. The van der Waals surface area contributed by atoms with Crippen LogP contribution in [0.5, 0.6) is 0 Å². The molecule has 1 aliphatic rings. The summed E-state index contributed by atoms with van der Waals surface area (Å²) >= 11 is 5.38. The molecular formula is C14H20N2OS. The molecule has 1 aromatic carbocycles. The van der Waals surface area contributed by atoms with E-state index in [2.05, 4.69) is 34.5 Å². The molecule has 2 rings (SSSR count). The molecule has 0 saturated carbocycles. The van der Waals surface area contributed by atoms with Crippen molar-refractivity contribution >= 4 is 22.9 Å². The van der Waals surface area contributed by atoms with Crippen molar-refractivity contribution in [3.8, 4) is 0 Å². The van der Waals surface area contributed by atoms with Crippen molar-refractivity contribution < 1.29 is 4.74 Å². The highest BCUT2D eigenvalue weighted by Crippen LogP contribution is 2.13. The molecule has 1 heterocycles. The first-order valence-electron chi connectivity index (χ1n) is 6.34. The van der Waals surface area contributed by atoms with Crippen molar-refractivity contribution in [1.82, 2.24) is 5.32 Å². The molecule has 1 N–H and O–H groups in total. The zero-order valence-electron chi connectivity index (χ0n) is 11.0. The third-order valence-electron chi connectivity index (χ3n) is 3.16. The van der Waals surface area contributed by atoms with E-state index in [4.69, 9.17) is 17.0 Å². The van der Waals surface area contributed by atoms with Crippen LogP contribution in [0.25, 0.3) is 0 Å². The maximum Gasteiger partial charge on any atom is 0.106 e. The highest BCUT2D eigenvalue weighted by molar-refractivity contribution is 7.80. The molecule has 0 aliphatic carbocycles. The Morgan fingerprint density at radius 3 is 2.67 bits per heavy atom. The predicted octanol–water partition coefficient (Wildman–Crippen LogP) is 2.20. The van der Waals surface area contributed by atoms with Crippen molar-refractivity contribution in [2.24, 2.45) is 0 Å². The first-order valence-corrected chi connectivity index (χ1v) is 6.75. The highest BCUT2D eigenvalue weighted by Gasteiger charge is 2.15. The van der Waals surface area contributed by atoms with Gasteiger partial charge in [-0.3, -0.25) is 0 Å². The first-order chi connectivity index (χ1) is 8.66. The molecule has 1 aromatic rings. The zero-order chi connectivity index (χ0) is 13.0. The number of hydrogen-bond donors (Lipinski definition) is 1. The van der Waals surface area contributed by atoms with E-state index < -0.39 is 0 Å². The van der Waals surface area contributed by atoms with Crippen molar-refractivity contribution in [3.05, 3.63) is 29.8 Å². The van der Waals surface area contributed by atoms with Gasteiger partial charge in [-0.15, -0.1) is 0 Å². The molecule has 3 nitrogen and oxygen atoms in total. The molecule has 0 amide bonds. The normalized spacial score (nSPS) is 18.7. The summed E-state index contributed by atoms with van der Waals surface area (Å²) in [5.41, 5.74) is 2.24. The minimum atomic E-state index is 0.323. The van der Waals surface area contributed by atoms with Gasteiger partial charge in [-0.2, -0.15) is 0 Å². The van der Waals surface area contributed by atoms with E-state index in [-0.39, 0.29) is 0 Å². The molecule has 0 bridgehead atoms. The van der Waals surface area contributed by atoms with Gasteiger partial charge in [0.05, 0.1) is 6.10 Å². The van der Waals surface area contributed by atoms with Crippen LogP contribution in [0.3, 0.4) is 0 Å². The average Bonchev–Trinajstić information content (AvgIpc) is 2.89. The van der Waals surface area contributed by atoms with Crippen LogP contribution in [0.15, 0.2) is 24.3 Å². The summed E-state index contributed by atoms with van der Waals surface area (Å²) in [6.07, 6.45) is 2.62. The summed E-state index contributed by atoms with van der Waals surface area (Å²) in [7, 11) is 4.06. The standard InChI is InChI=1S/C14H20N2OS/c1-16(2)12-7-5-11(6-8-12)14(18)15-10-13-4-3-9-17-13/h5-8,13H,3-4,9-10H2,1-2H3,(H,15,18). The van der Waals surface area contributed by atoms with Gasteiger partial charge in [-0.05, 0) is 37.1 Å². The van der Waals surface area contributed by atoms with Crippen LogP contribution in [0, 0.1) is 0 Å². The summed E-state index contributed by atoms with van der Waals surface area (Å²) in [4.78, 5) is 2.88. The van der Waals surface area contributed by atoms with Crippen LogP contribution < -0.4 is 10.2 Å². The number of rotatable bonds is 4. The highest BCUT2D eigenvalue weighted by atomic mass is 32.1. The Morgan fingerprint density at radius 2 is 2.11 bits per heavy atom. The quantitative estimate of drug-likeness (QED) is 0.843. The number of thiocarbonyl (C=S) groups is 1. The van der Waals surface area contributed by atoms with Crippen molar-refractivity contribution in [2.75, 3.05) is 32.1 Å². The lowest BCUT2D eigenvalue weighted by Gasteiger charge is -2.15. The number of nitrogens with one attached hydrogen (secondary N) is 1. The van der Waals surface area contributed by atoms with E-state index in [1.165, 1.54) is 5.69 Å². The van der Waals surface area contributed by atoms with Crippen LogP contribution in [-0.2, 0) is 4.74 Å². The Kier molecular flexibility index (Phi) is 4.55. The molecule has 18 heavy (non-hydrogen) atoms. The molecule has 4 heteroatoms. The summed E-state index contributed by atoms with van der Waals surface area (Å²) in [6.45, 7) is 1.70. The van der Waals surface area contributed by atoms with E-state index in [1.54, 1.807) is 0 Å². The lowest BCUT2D eigenvalue weighted by Crippen LogP contribution is -2.31. The molecule has 0 spiro atoms. The fourth-order valence-electron chi connectivity index (χ4n) is 2.02. The van der Waals surface area contributed by atoms with Gasteiger partial charge in [-0.1, -0.05) is 12.2 Å². The fourth-order valence-corrected chi connectivity index (χ4v) is 2.24. The van der Waals surface area contributed by atoms with Crippen LogP contribution in [0.1, 0.15) is 18.4 Å². The molecule has 0 radical (unpaired) electrons. The largest absolute Gasteiger partial charge is 0.378 e. The Morgan fingerprint density at radius 1 is 1.39 bits per heavy atom. The molecule has 1 atom stereocenters. The van der Waals surface area contributed by atoms with Gasteiger partial charge >= 0.3 is 0 Å². The van der Waals surface area contributed by atoms with Crippen molar-refractivity contribution in [3.63, 3.8) is 0 Å². The molecule has 1 saturated heterocycles. The van der Waals surface area contributed by atoms with E-state index in [0.717, 1.165) is 36.5 Å². The van der Waals surface area contributed by atoms with Crippen LogP contribution in [0.2, 0.25) is 0 Å². The molecular weight excluding hydrogens is 244 g/mol. The SMILES string of the molecule is CN(C)c1ccc(C(=S)NCC2CCCO2)cc1.